The molecule has 1 aromatic carbocycles. The van der Waals surface area contributed by atoms with Gasteiger partial charge in [0.2, 0.25) is 5.95 Å². The Morgan fingerprint density at radius 3 is 2.63 bits per heavy atom. The van der Waals surface area contributed by atoms with Gasteiger partial charge in [-0.05, 0) is 37.0 Å². The summed E-state index contributed by atoms with van der Waals surface area (Å²) in [5, 5.41) is 22.1. The zero-order valence-corrected chi connectivity index (χ0v) is 16.3. The molecule has 2 aromatic rings. The predicted octanol–water partition coefficient (Wildman–Crippen LogP) is 2.42. The highest BCUT2D eigenvalue weighted by molar-refractivity contribution is 5.53. The maximum Gasteiger partial charge on any atom is 0.222 e. The summed E-state index contributed by atoms with van der Waals surface area (Å²) in [7, 11) is 1.62. The molecule has 1 unspecified atom stereocenters. The minimum absolute atomic E-state index is 0.0344. The van der Waals surface area contributed by atoms with E-state index in [-0.39, 0.29) is 25.2 Å². The number of hydrogen-bond acceptors (Lipinski definition) is 7. The highest BCUT2D eigenvalue weighted by atomic mass is 16.5. The lowest BCUT2D eigenvalue weighted by Gasteiger charge is -2.21. The second-order valence-electron chi connectivity index (χ2n) is 6.62. The quantitative estimate of drug-likeness (QED) is 0.505. The molecule has 1 atom stereocenters. The smallest absolute Gasteiger partial charge is 0.222 e. The fourth-order valence-corrected chi connectivity index (χ4v) is 3.16. The molecule has 0 saturated heterocycles. The molecule has 0 aliphatic carbocycles. The maximum absolute atomic E-state index is 9.34. The summed E-state index contributed by atoms with van der Waals surface area (Å²) in [6.07, 6.45) is 3.15. The van der Waals surface area contributed by atoms with E-state index in [1.54, 1.807) is 7.11 Å². The van der Waals surface area contributed by atoms with Gasteiger partial charge in [-0.2, -0.15) is 4.98 Å². The largest absolute Gasteiger partial charge is 0.496 e. The number of anilines is 2. The Bertz CT molecular complexity index is 746. The van der Waals surface area contributed by atoms with Crippen LogP contribution in [0.25, 0.3) is 0 Å². The van der Waals surface area contributed by atoms with Crippen LogP contribution in [-0.2, 0) is 13.0 Å². The minimum atomic E-state index is -0.0344. The van der Waals surface area contributed by atoms with Crippen molar-refractivity contribution in [1.29, 1.82) is 0 Å². The average Bonchev–Trinajstić information content (AvgIpc) is 2.65. The molecule has 7 heteroatoms. The Morgan fingerprint density at radius 1 is 1.22 bits per heavy atom. The van der Waals surface area contributed by atoms with Crippen molar-refractivity contribution in [2.24, 2.45) is 0 Å². The van der Waals surface area contributed by atoms with Crippen molar-refractivity contribution >= 4 is 11.8 Å². The first-order valence-electron chi connectivity index (χ1n) is 9.29. The van der Waals surface area contributed by atoms with Crippen LogP contribution in [0.15, 0.2) is 18.2 Å². The van der Waals surface area contributed by atoms with Crippen molar-refractivity contribution in [1.82, 2.24) is 9.97 Å². The molecule has 2 rings (SSSR count). The van der Waals surface area contributed by atoms with Crippen molar-refractivity contribution in [3.63, 3.8) is 0 Å². The van der Waals surface area contributed by atoms with E-state index >= 15 is 0 Å². The molecular formula is C20H30N4O3. The summed E-state index contributed by atoms with van der Waals surface area (Å²) in [6, 6.07) is 5.78. The highest BCUT2D eigenvalue weighted by Crippen LogP contribution is 2.28. The molecule has 1 aromatic heterocycles. The van der Waals surface area contributed by atoms with Gasteiger partial charge in [-0.15, -0.1) is 0 Å². The summed E-state index contributed by atoms with van der Waals surface area (Å²) in [4.78, 5) is 8.73. The average molecular weight is 374 g/mol. The Morgan fingerprint density at radius 2 is 2.00 bits per heavy atom. The minimum Gasteiger partial charge on any atom is -0.496 e. The van der Waals surface area contributed by atoms with E-state index in [0.717, 1.165) is 35.2 Å². The molecule has 0 radical (unpaired) electrons. The van der Waals surface area contributed by atoms with E-state index in [4.69, 9.17) is 10.5 Å². The standard InChI is InChI=1S/C20H30N4O3/c1-4-5-16(8-9-25)23-19-17(13(2)22-20(21)24-19)11-15-7-6-14(12-26)10-18(15)27-3/h6-7,10,16,25-26H,4-5,8-9,11-12H2,1-3H3,(H3,21,22,23,24). The van der Waals surface area contributed by atoms with Crippen molar-refractivity contribution in [2.45, 2.75) is 52.2 Å². The number of nitrogen functional groups attached to an aromatic ring is 1. The van der Waals surface area contributed by atoms with E-state index < -0.39 is 0 Å². The van der Waals surface area contributed by atoms with E-state index in [1.165, 1.54) is 0 Å². The molecule has 0 amide bonds. The van der Waals surface area contributed by atoms with Crippen LogP contribution in [0, 0.1) is 6.92 Å². The number of ether oxygens (including phenoxy) is 1. The molecule has 0 spiro atoms. The zero-order chi connectivity index (χ0) is 19.8. The summed E-state index contributed by atoms with van der Waals surface area (Å²) < 4.78 is 5.49. The van der Waals surface area contributed by atoms with Crippen LogP contribution in [0.5, 0.6) is 5.75 Å². The van der Waals surface area contributed by atoms with Crippen molar-refractivity contribution in [2.75, 3.05) is 24.8 Å². The third-order valence-electron chi connectivity index (χ3n) is 4.59. The third kappa shape index (κ3) is 5.55. The maximum atomic E-state index is 9.34. The number of benzene rings is 1. The molecule has 27 heavy (non-hydrogen) atoms. The van der Waals surface area contributed by atoms with Crippen molar-refractivity contribution in [3.05, 3.63) is 40.6 Å². The van der Waals surface area contributed by atoms with Crippen LogP contribution in [0.1, 0.15) is 48.6 Å². The topological polar surface area (TPSA) is 114 Å². The first kappa shape index (κ1) is 20.9. The Hall–Kier alpha value is -2.38. The lowest BCUT2D eigenvalue weighted by atomic mass is 10.0. The van der Waals surface area contributed by atoms with Gasteiger partial charge in [-0.1, -0.05) is 25.5 Å². The van der Waals surface area contributed by atoms with Gasteiger partial charge in [-0.25, -0.2) is 4.98 Å². The van der Waals surface area contributed by atoms with Crippen LogP contribution in [0.4, 0.5) is 11.8 Å². The van der Waals surface area contributed by atoms with Crippen molar-refractivity contribution in [3.8, 4) is 5.75 Å². The van der Waals surface area contributed by atoms with Crippen LogP contribution in [0.2, 0.25) is 0 Å². The molecule has 5 N–H and O–H groups in total. The molecular weight excluding hydrogens is 344 g/mol. The summed E-state index contributed by atoms with van der Waals surface area (Å²) in [6.45, 7) is 4.10. The van der Waals surface area contributed by atoms with Gasteiger partial charge in [0.25, 0.3) is 0 Å². The second-order valence-corrected chi connectivity index (χ2v) is 6.62. The summed E-state index contributed by atoms with van der Waals surface area (Å²) in [5.41, 5.74) is 9.39. The molecule has 0 fully saturated rings. The lowest BCUT2D eigenvalue weighted by Crippen LogP contribution is -2.23. The number of rotatable bonds is 10. The van der Waals surface area contributed by atoms with Gasteiger partial charge >= 0.3 is 0 Å². The molecule has 7 nitrogen and oxygen atoms in total. The van der Waals surface area contributed by atoms with Gasteiger partial charge in [0.15, 0.2) is 0 Å². The van der Waals surface area contributed by atoms with Gasteiger partial charge in [-0.3, -0.25) is 0 Å². The molecule has 0 saturated carbocycles. The van der Waals surface area contributed by atoms with Crippen LogP contribution < -0.4 is 15.8 Å². The van der Waals surface area contributed by atoms with Crippen LogP contribution in [0.3, 0.4) is 0 Å². The Balaban J connectivity index is 2.38. The number of nitrogens with one attached hydrogen (secondary N) is 1. The normalized spacial score (nSPS) is 12.0. The first-order valence-corrected chi connectivity index (χ1v) is 9.29. The number of hydrogen-bond donors (Lipinski definition) is 4. The molecule has 0 aliphatic rings. The van der Waals surface area contributed by atoms with E-state index in [0.29, 0.717) is 24.4 Å². The Kier molecular flexibility index (Phi) is 7.82. The summed E-state index contributed by atoms with van der Waals surface area (Å²) in [5.74, 6) is 1.63. The number of aryl methyl sites for hydroxylation is 1. The molecule has 0 aliphatic heterocycles. The monoisotopic (exact) mass is 374 g/mol. The fourth-order valence-electron chi connectivity index (χ4n) is 3.16. The molecule has 1 heterocycles. The number of methoxy groups -OCH3 is 1. The first-order chi connectivity index (χ1) is 13.0. The van der Waals surface area contributed by atoms with Crippen molar-refractivity contribution < 1.29 is 14.9 Å². The van der Waals surface area contributed by atoms with Gasteiger partial charge in [0, 0.05) is 30.3 Å². The van der Waals surface area contributed by atoms with Crippen LogP contribution in [-0.4, -0.2) is 39.9 Å². The second kappa shape index (κ2) is 10.1. The number of aromatic nitrogens is 2. The number of aliphatic hydroxyl groups is 2. The zero-order valence-electron chi connectivity index (χ0n) is 16.3. The fraction of sp³-hybridized carbons (Fsp3) is 0.500. The SMILES string of the molecule is CCCC(CCO)Nc1nc(N)nc(C)c1Cc1ccc(CO)cc1OC. The van der Waals surface area contributed by atoms with Gasteiger partial charge in [0.05, 0.1) is 13.7 Å². The number of nitrogens with two attached hydrogens (primary N) is 1. The third-order valence-corrected chi connectivity index (χ3v) is 4.59. The van der Waals surface area contributed by atoms with E-state index in [1.807, 2.05) is 25.1 Å². The van der Waals surface area contributed by atoms with Gasteiger partial charge < -0.3 is 26.0 Å². The number of aliphatic hydroxyl groups excluding tert-OH is 2. The molecule has 148 valence electrons. The highest BCUT2D eigenvalue weighted by Gasteiger charge is 2.17. The van der Waals surface area contributed by atoms with E-state index in [9.17, 15) is 10.2 Å². The summed E-state index contributed by atoms with van der Waals surface area (Å²) >= 11 is 0. The number of nitrogens with zero attached hydrogens (tertiary/aromatic N) is 2. The lowest BCUT2D eigenvalue weighted by molar-refractivity contribution is 0.276. The molecule has 0 bridgehead atoms. The van der Waals surface area contributed by atoms with Gasteiger partial charge in [0.1, 0.15) is 11.6 Å². The van der Waals surface area contributed by atoms with Crippen LogP contribution >= 0.6 is 0 Å². The predicted molar refractivity (Wildman–Crippen MR) is 107 cm³/mol. The van der Waals surface area contributed by atoms with E-state index in [2.05, 4.69) is 22.2 Å². The Labute approximate surface area is 160 Å².